The minimum Gasteiger partial charge on any atom is -0.462 e. The fourth-order valence-electron chi connectivity index (χ4n) is 10.8. The quantitative estimate of drug-likeness (QED) is 0.323. The van der Waals surface area contributed by atoms with Crippen LogP contribution in [-0.2, 0) is 19.0 Å². The van der Waals surface area contributed by atoms with Crippen molar-refractivity contribution in [2.45, 2.75) is 137 Å². The molecule has 4 aliphatic carbocycles. The molecule has 2 unspecified atom stereocenters. The van der Waals surface area contributed by atoms with Crippen LogP contribution in [0, 0.1) is 45.3 Å². The van der Waals surface area contributed by atoms with E-state index in [2.05, 4.69) is 40.7 Å². The Balaban J connectivity index is 1.43. The van der Waals surface area contributed by atoms with Crippen LogP contribution in [0.4, 0.5) is 0 Å². The molecule has 222 valence electrons. The van der Waals surface area contributed by atoms with Crippen LogP contribution in [0.2, 0.25) is 0 Å². The number of ether oxygens (including phenoxy) is 3. The van der Waals surface area contributed by atoms with E-state index in [1.807, 2.05) is 0 Å². The van der Waals surface area contributed by atoms with Crippen LogP contribution < -0.4 is 0 Å². The Labute approximate surface area is 236 Å². The van der Waals surface area contributed by atoms with Crippen molar-refractivity contribution in [1.82, 2.24) is 0 Å². The molecule has 3 saturated carbocycles. The molecule has 6 heteroatoms. The lowest BCUT2D eigenvalue weighted by Crippen LogP contribution is -2.58. The van der Waals surface area contributed by atoms with Gasteiger partial charge in [0.05, 0.1) is 11.7 Å². The fraction of sp³-hybridized carbons (Fsp3) is 0.909. The molecule has 1 saturated heterocycles. The average Bonchev–Trinajstić information content (AvgIpc) is 3.38. The highest BCUT2D eigenvalue weighted by molar-refractivity contribution is 5.66. The van der Waals surface area contributed by atoms with E-state index >= 15 is 0 Å². The third kappa shape index (κ3) is 4.29. The van der Waals surface area contributed by atoms with Crippen molar-refractivity contribution >= 4 is 5.97 Å². The van der Waals surface area contributed by atoms with Crippen molar-refractivity contribution in [3.05, 3.63) is 11.6 Å². The summed E-state index contributed by atoms with van der Waals surface area (Å²) in [6.07, 6.45) is 9.37. The number of aliphatic hydroxyl groups excluding tert-OH is 1. The van der Waals surface area contributed by atoms with Crippen LogP contribution in [-0.4, -0.2) is 53.5 Å². The van der Waals surface area contributed by atoms with Crippen molar-refractivity contribution in [3.63, 3.8) is 0 Å². The van der Waals surface area contributed by atoms with Gasteiger partial charge in [-0.1, -0.05) is 46.3 Å². The molecule has 0 aromatic rings. The van der Waals surface area contributed by atoms with E-state index in [4.69, 9.17) is 14.2 Å². The summed E-state index contributed by atoms with van der Waals surface area (Å²) in [6.45, 7) is 17.1. The normalized spacial score (nSPS) is 48.0. The Morgan fingerprint density at radius 3 is 2.41 bits per heavy atom. The summed E-state index contributed by atoms with van der Waals surface area (Å²) in [6, 6.07) is 0. The molecule has 5 rings (SSSR count). The van der Waals surface area contributed by atoms with Crippen LogP contribution in [0.3, 0.4) is 0 Å². The van der Waals surface area contributed by atoms with Gasteiger partial charge in [-0.2, -0.15) is 0 Å². The number of aliphatic hydroxyl groups is 2. The lowest BCUT2D eigenvalue weighted by atomic mass is 9.41. The predicted octanol–water partition coefficient (Wildman–Crippen LogP) is 6.03. The van der Waals surface area contributed by atoms with Crippen molar-refractivity contribution < 1.29 is 29.2 Å². The van der Waals surface area contributed by atoms with E-state index < -0.39 is 17.8 Å². The van der Waals surface area contributed by atoms with Gasteiger partial charge < -0.3 is 24.4 Å². The number of esters is 1. The lowest BCUT2D eigenvalue weighted by Gasteiger charge is -2.64. The molecule has 4 fully saturated rings. The van der Waals surface area contributed by atoms with Crippen molar-refractivity contribution in [1.29, 1.82) is 0 Å². The van der Waals surface area contributed by atoms with Crippen molar-refractivity contribution in [2.75, 3.05) is 7.11 Å². The summed E-state index contributed by atoms with van der Waals surface area (Å²) in [5.41, 5.74) is 0.869. The van der Waals surface area contributed by atoms with Crippen LogP contribution in [0.25, 0.3) is 0 Å². The first-order valence-corrected chi connectivity index (χ1v) is 15.5. The second-order valence-electron chi connectivity index (χ2n) is 15.7. The maximum atomic E-state index is 11.9. The van der Waals surface area contributed by atoms with E-state index in [9.17, 15) is 15.0 Å². The molecule has 39 heavy (non-hydrogen) atoms. The summed E-state index contributed by atoms with van der Waals surface area (Å²) >= 11 is 0. The SMILES string of the molecule is COC1O[C@H](C(O)C(C)(C)O)C[C@H]1[C@@H]1CC[C@]2(C)C3=CC[C@H]4C(C)(C)[C@H](OC(C)=O)CC[C@]4(C)[C@H]3CC[C@@]12C. The lowest BCUT2D eigenvalue weighted by molar-refractivity contribution is -0.185. The zero-order valence-electron chi connectivity index (χ0n) is 25.9. The van der Waals surface area contributed by atoms with Crippen molar-refractivity contribution in [2.24, 2.45) is 45.3 Å². The number of rotatable bonds is 5. The van der Waals surface area contributed by atoms with Gasteiger partial charge in [0.25, 0.3) is 0 Å². The number of hydrogen-bond acceptors (Lipinski definition) is 6. The highest BCUT2D eigenvalue weighted by Gasteiger charge is 2.67. The molecule has 0 aromatic heterocycles. The predicted molar refractivity (Wildman–Crippen MR) is 151 cm³/mol. The van der Waals surface area contributed by atoms with E-state index in [1.165, 1.54) is 19.3 Å². The summed E-state index contributed by atoms with van der Waals surface area (Å²) in [4.78, 5) is 11.9. The summed E-state index contributed by atoms with van der Waals surface area (Å²) in [5.74, 6) is 1.53. The molecular weight excluding hydrogens is 492 g/mol. The van der Waals surface area contributed by atoms with Gasteiger partial charge in [0.15, 0.2) is 6.29 Å². The molecule has 0 aromatic carbocycles. The second-order valence-corrected chi connectivity index (χ2v) is 15.7. The highest BCUT2D eigenvalue weighted by atomic mass is 16.7. The molecule has 0 bridgehead atoms. The maximum absolute atomic E-state index is 11.9. The van der Waals surface area contributed by atoms with Gasteiger partial charge in [-0.05, 0) is 99.2 Å². The van der Waals surface area contributed by atoms with Gasteiger partial charge in [-0.3, -0.25) is 4.79 Å². The molecule has 0 radical (unpaired) electrons. The number of hydrogen-bond donors (Lipinski definition) is 2. The molecule has 11 atom stereocenters. The largest absolute Gasteiger partial charge is 0.462 e. The van der Waals surface area contributed by atoms with Gasteiger partial charge in [-0.15, -0.1) is 0 Å². The van der Waals surface area contributed by atoms with Crippen LogP contribution in [0.5, 0.6) is 0 Å². The van der Waals surface area contributed by atoms with Gasteiger partial charge >= 0.3 is 5.97 Å². The molecule has 6 nitrogen and oxygen atoms in total. The fourth-order valence-corrected chi connectivity index (χ4v) is 10.8. The number of methoxy groups -OCH3 is 1. The summed E-state index contributed by atoms with van der Waals surface area (Å²) < 4.78 is 18.0. The van der Waals surface area contributed by atoms with Crippen LogP contribution >= 0.6 is 0 Å². The Kier molecular flexibility index (Phi) is 7.22. The first-order valence-electron chi connectivity index (χ1n) is 15.5. The zero-order valence-corrected chi connectivity index (χ0v) is 25.9. The number of fused-ring (bicyclic) bond motifs is 5. The molecule has 0 amide bonds. The minimum atomic E-state index is -1.22. The van der Waals surface area contributed by atoms with Crippen LogP contribution in [0.15, 0.2) is 11.6 Å². The first kappa shape index (κ1) is 29.5. The summed E-state index contributed by atoms with van der Waals surface area (Å²) in [7, 11) is 1.71. The summed E-state index contributed by atoms with van der Waals surface area (Å²) in [5, 5.41) is 21.3. The van der Waals surface area contributed by atoms with Gasteiger partial charge in [0.2, 0.25) is 0 Å². The number of allylic oxidation sites excluding steroid dienone is 2. The second kappa shape index (κ2) is 9.54. The van der Waals surface area contributed by atoms with E-state index in [-0.39, 0.29) is 45.9 Å². The topological polar surface area (TPSA) is 85.2 Å². The Bertz CT molecular complexity index is 997. The smallest absolute Gasteiger partial charge is 0.302 e. The average molecular weight is 547 g/mol. The molecule has 1 heterocycles. The van der Waals surface area contributed by atoms with Crippen LogP contribution in [0.1, 0.15) is 107 Å². The minimum absolute atomic E-state index is 0.0103. The molecule has 2 N–H and O–H groups in total. The monoisotopic (exact) mass is 546 g/mol. The number of carbonyl (C=O) groups is 1. The molecule has 5 aliphatic rings. The van der Waals surface area contributed by atoms with E-state index in [1.54, 1.807) is 33.5 Å². The third-order valence-electron chi connectivity index (χ3n) is 13.1. The molecule has 0 spiro atoms. The highest BCUT2D eigenvalue weighted by Crippen LogP contribution is 2.74. The van der Waals surface area contributed by atoms with Gasteiger partial charge in [0.1, 0.15) is 12.2 Å². The van der Waals surface area contributed by atoms with Gasteiger partial charge in [-0.25, -0.2) is 0 Å². The zero-order chi connectivity index (χ0) is 28.8. The van der Waals surface area contributed by atoms with Gasteiger partial charge in [0, 0.05) is 25.4 Å². The van der Waals surface area contributed by atoms with E-state index in [0.29, 0.717) is 24.2 Å². The standard InChI is InChI=1S/C33H54O6/c1-19(34)38-26-14-15-31(6)22-13-17-32(7)21(20-18-24(39-28(20)37-9)27(35)30(4,5)36)12-16-33(32,8)23(22)10-11-25(31)29(26,2)3/h10,20-22,24-28,35-36H,11-18H2,1-9H3/t20-,21-,22-,24-,25-,26+,27?,28?,31+,32-,33+/m0/s1. The van der Waals surface area contributed by atoms with E-state index in [0.717, 1.165) is 25.7 Å². The number of carbonyl (C=O) groups excluding carboxylic acids is 1. The molecular formula is C33H54O6. The Morgan fingerprint density at radius 2 is 1.79 bits per heavy atom. The third-order valence-corrected chi connectivity index (χ3v) is 13.1. The Hall–Kier alpha value is -0.950. The van der Waals surface area contributed by atoms with Crippen molar-refractivity contribution in [3.8, 4) is 0 Å². The molecule has 1 aliphatic heterocycles. The maximum Gasteiger partial charge on any atom is 0.302 e. The first-order chi connectivity index (χ1) is 18.0. The Morgan fingerprint density at radius 1 is 1.10 bits per heavy atom.